The van der Waals surface area contributed by atoms with Gasteiger partial charge in [-0.05, 0) is 34.1 Å². The maximum Gasteiger partial charge on any atom is 0.0724 e. The lowest BCUT2D eigenvalue weighted by Crippen LogP contribution is -1.91. The number of hydrogen-bond acceptors (Lipinski definition) is 0. The molecule has 1 aliphatic carbocycles. The minimum atomic E-state index is 0.124. The van der Waals surface area contributed by atoms with Crippen molar-refractivity contribution >= 4 is 0 Å². The molecule has 0 aromatic heterocycles. The van der Waals surface area contributed by atoms with Crippen LogP contribution in [0.5, 0.6) is 0 Å². The molecule has 0 fully saturated rings. The van der Waals surface area contributed by atoms with Gasteiger partial charge in [0, 0.05) is 0 Å². The van der Waals surface area contributed by atoms with Crippen molar-refractivity contribution in [2.45, 2.75) is 5.92 Å². The summed E-state index contributed by atoms with van der Waals surface area (Å²) < 4.78 is 0. The zero-order chi connectivity index (χ0) is 11.7. The highest BCUT2D eigenvalue weighted by molar-refractivity contribution is 5.80. The Morgan fingerprint density at radius 3 is 1.88 bits per heavy atom. The molecule has 0 nitrogen and oxygen atoms in total. The van der Waals surface area contributed by atoms with E-state index in [1.165, 1.54) is 22.3 Å². The second kappa shape index (κ2) is 3.85. The van der Waals surface area contributed by atoms with Gasteiger partial charge in [-0.3, -0.25) is 0 Å². The number of terminal acetylenes is 1. The lowest BCUT2D eigenvalue weighted by Gasteiger charge is -2.04. The molecule has 0 saturated heterocycles. The maximum atomic E-state index is 5.22. The van der Waals surface area contributed by atoms with Gasteiger partial charge in [0.2, 0.25) is 0 Å². The van der Waals surface area contributed by atoms with E-state index in [-0.39, 0.29) is 5.92 Å². The van der Waals surface area contributed by atoms with Gasteiger partial charge in [-0.2, -0.15) is 0 Å². The second-order valence-electron chi connectivity index (χ2n) is 4.02. The highest BCUT2D eigenvalue weighted by atomic mass is 14.3. The Morgan fingerprint density at radius 1 is 0.824 bits per heavy atom. The summed E-state index contributed by atoms with van der Waals surface area (Å²) in [5.74, 6) is 8.43. The van der Waals surface area contributed by atoms with Crippen molar-refractivity contribution in [2.75, 3.05) is 0 Å². The minimum Gasteiger partial charge on any atom is -0.106 e. The zero-order valence-corrected chi connectivity index (χ0v) is 9.27. The average Bonchev–Trinajstić information content (AvgIpc) is 2.71. The first-order chi connectivity index (χ1) is 8.42. The Balaban J connectivity index is 2.28. The number of rotatable bonds is 0. The molecular weight excluding hydrogens is 204 g/mol. The quantitative estimate of drug-likeness (QED) is 0.589. The van der Waals surface area contributed by atoms with Gasteiger partial charge >= 0.3 is 0 Å². The van der Waals surface area contributed by atoms with Crippen LogP contribution in [0.3, 0.4) is 0 Å². The van der Waals surface area contributed by atoms with Gasteiger partial charge in [0.25, 0.3) is 0 Å². The van der Waals surface area contributed by atoms with Crippen LogP contribution in [-0.2, 0) is 0 Å². The normalized spacial score (nSPS) is 11.9. The Kier molecular flexibility index (Phi) is 2.21. The van der Waals surface area contributed by atoms with Crippen LogP contribution in [0.15, 0.2) is 48.5 Å². The van der Waals surface area contributed by atoms with Gasteiger partial charge in [-0.1, -0.05) is 54.5 Å². The van der Waals surface area contributed by atoms with Gasteiger partial charge in [0.1, 0.15) is 0 Å². The van der Waals surface area contributed by atoms with Crippen molar-refractivity contribution in [1.82, 2.24) is 0 Å². The zero-order valence-electron chi connectivity index (χ0n) is 9.27. The summed E-state index contributed by atoms with van der Waals surface area (Å²) in [7, 11) is 0. The van der Waals surface area contributed by atoms with Crippen LogP contribution in [-0.4, -0.2) is 0 Å². The van der Waals surface area contributed by atoms with Crippen molar-refractivity contribution in [1.29, 1.82) is 0 Å². The van der Waals surface area contributed by atoms with E-state index < -0.39 is 0 Å². The molecule has 2 aromatic rings. The first-order valence-electron chi connectivity index (χ1n) is 5.56. The van der Waals surface area contributed by atoms with Crippen LogP contribution in [0.4, 0.5) is 0 Å². The predicted molar refractivity (Wildman–Crippen MR) is 70.3 cm³/mol. The van der Waals surface area contributed by atoms with Crippen LogP contribution in [0.2, 0.25) is 0 Å². The third-order valence-corrected chi connectivity index (χ3v) is 3.12. The standard InChI is InChI=1S/C17H10/c1-2-3-8-13-14-9-4-6-11-16(14)17-12-7-5-10-15(13)17/h1,4-7,9-13H. The molecular formula is C17H10. The molecule has 0 spiro atoms. The third-order valence-electron chi connectivity index (χ3n) is 3.12. The molecule has 0 atom stereocenters. The first kappa shape index (κ1) is 9.76. The van der Waals surface area contributed by atoms with Crippen molar-refractivity contribution in [3.05, 3.63) is 59.7 Å². The van der Waals surface area contributed by atoms with E-state index in [9.17, 15) is 0 Å². The Morgan fingerprint density at radius 2 is 1.35 bits per heavy atom. The molecule has 0 N–H and O–H groups in total. The van der Waals surface area contributed by atoms with Gasteiger partial charge in [0.05, 0.1) is 5.92 Å². The van der Waals surface area contributed by atoms with E-state index in [4.69, 9.17) is 6.42 Å². The van der Waals surface area contributed by atoms with E-state index >= 15 is 0 Å². The van der Waals surface area contributed by atoms with Crippen molar-refractivity contribution < 1.29 is 0 Å². The molecule has 0 unspecified atom stereocenters. The fourth-order valence-electron chi connectivity index (χ4n) is 2.42. The molecule has 0 bridgehead atoms. The first-order valence-corrected chi connectivity index (χ1v) is 5.56. The fourth-order valence-corrected chi connectivity index (χ4v) is 2.42. The summed E-state index contributed by atoms with van der Waals surface area (Å²) in [6.45, 7) is 0. The SMILES string of the molecule is C#CC#CC1c2ccccc2-c2ccccc21. The lowest BCUT2D eigenvalue weighted by molar-refractivity contribution is 1.11. The van der Waals surface area contributed by atoms with E-state index in [1.54, 1.807) is 0 Å². The molecule has 3 rings (SSSR count). The van der Waals surface area contributed by atoms with Crippen molar-refractivity contribution in [3.63, 3.8) is 0 Å². The fraction of sp³-hybridized carbons (Fsp3) is 0.0588. The highest BCUT2D eigenvalue weighted by Crippen LogP contribution is 2.43. The smallest absolute Gasteiger partial charge is 0.0724 e. The predicted octanol–water partition coefficient (Wildman–Crippen LogP) is 3.44. The molecule has 17 heavy (non-hydrogen) atoms. The van der Waals surface area contributed by atoms with Crippen LogP contribution in [0.1, 0.15) is 17.0 Å². The van der Waals surface area contributed by atoms with Gasteiger partial charge in [0.15, 0.2) is 0 Å². The Labute approximate surface area is 101 Å². The van der Waals surface area contributed by atoms with Gasteiger partial charge in [-0.25, -0.2) is 0 Å². The van der Waals surface area contributed by atoms with Crippen LogP contribution < -0.4 is 0 Å². The van der Waals surface area contributed by atoms with E-state index in [0.717, 1.165) is 0 Å². The summed E-state index contributed by atoms with van der Waals surface area (Å²) in [4.78, 5) is 0. The topological polar surface area (TPSA) is 0 Å². The van der Waals surface area contributed by atoms with Crippen LogP contribution >= 0.6 is 0 Å². The van der Waals surface area contributed by atoms with Crippen molar-refractivity contribution in [3.8, 4) is 35.3 Å². The molecule has 0 radical (unpaired) electrons. The summed E-state index contributed by atoms with van der Waals surface area (Å²) >= 11 is 0. The summed E-state index contributed by atoms with van der Waals surface area (Å²) in [5.41, 5.74) is 5.08. The largest absolute Gasteiger partial charge is 0.106 e. The maximum absolute atomic E-state index is 5.22. The summed E-state index contributed by atoms with van der Waals surface area (Å²) in [6.07, 6.45) is 5.22. The third kappa shape index (κ3) is 1.43. The number of fused-ring (bicyclic) bond motifs is 3. The Bertz CT molecular complexity index is 629. The van der Waals surface area contributed by atoms with E-state index in [0.29, 0.717) is 0 Å². The molecule has 2 aromatic carbocycles. The molecule has 0 amide bonds. The van der Waals surface area contributed by atoms with Gasteiger partial charge in [-0.15, -0.1) is 6.42 Å². The molecule has 0 heterocycles. The van der Waals surface area contributed by atoms with Gasteiger partial charge < -0.3 is 0 Å². The van der Waals surface area contributed by atoms with Crippen molar-refractivity contribution in [2.24, 2.45) is 0 Å². The molecule has 0 aliphatic heterocycles. The van der Waals surface area contributed by atoms with E-state index in [1.807, 2.05) is 0 Å². The molecule has 1 aliphatic rings. The van der Waals surface area contributed by atoms with Crippen LogP contribution in [0.25, 0.3) is 11.1 Å². The molecule has 78 valence electrons. The highest BCUT2D eigenvalue weighted by Gasteiger charge is 2.26. The van der Waals surface area contributed by atoms with Crippen LogP contribution in [0, 0.1) is 24.2 Å². The average molecular weight is 214 g/mol. The second-order valence-corrected chi connectivity index (χ2v) is 4.02. The lowest BCUT2D eigenvalue weighted by atomic mass is 9.98. The molecule has 0 heteroatoms. The van der Waals surface area contributed by atoms with E-state index in [2.05, 4.69) is 66.3 Å². The molecule has 0 saturated carbocycles. The summed E-state index contributed by atoms with van der Waals surface area (Å²) in [5, 5.41) is 0. The monoisotopic (exact) mass is 214 g/mol. The number of benzene rings is 2. The minimum absolute atomic E-state index is 0.124. The summed E-state index contributed by atoms with van der Waals surface area (Å²) in [6, 6.07) is 16.8. The number of hydrogen-bond donors (Lipinski definition) is 0. The Hall–Kier alpha value is -2.44.